The van der Waals surface area contributed by atoms with Crippen molar-refractivity contribution in [1.29, 1.82) is 0 Å². The molecule has 0 spiro atoms. The van der Waals surface area contributed by atoms with Crippen LogP contribution in [0.1, 0.15) is 128 Å². The average Bonchev–Trinajstić information content (AvgIpc) is 3.42. The summed E-state index contributed by atoms with van der Waals surface area (Å²) in [7, 11) is 1.69. The van der Waals surface area contributed by atoms with E-state index in [-0.39, 0.29) is 28.4 Å². The van der Waals surface area contributed by atoms with Crippen LogP contribution in [0, 0.1) is 0 Å². The molecule has 3 rings (SSSR count). The van der Waals surface area contributed by atoms with E-state index in [1.165, 1.54) is 86.7 Å². The highest BCUT2D eigenvalue weighted by atomic mass is 79.9. The number of urea groups is 1. The van der Waals surface area contributed by atoms with Crippen molar-refractivity contribution in [2.45, 2.75) is 130 Å². The van der Waals surface area contributed by atoms with Crippen LogP contribution in [0.5, 0.6) is 5.75 Å². The lowest BCUT2D eigenvalue weighted by Crippen LogP contribution is -2.37. The number of carbonyl (C=O) groups excluding carboxylic acids is 1. The topological polar surface area (TPSA) is 44.8 Å². The first-order valence-electron chi connectivity index (χ1n) is 17.1. The van der Waals surface area contributed by atoms with Gasteiger partial charge in [-0.3, -0.25) is 4.90 Å². The van der Waals surface area contributed by atoms with Gasteiger partial charge in [-0.15, -0.1) is 28.7 Å². The van der Waals surface area contributed by atoms with E-state index < -0.39 is 0 Å². The van der Waals surface area contributed by atoms with E-state index in [1.807, 2.05) is 11.8 Å². The van der Waals surface area contributed by atoms with Crippen molar-refractivity contribution in [2.75, 3.05) is 24.4 Å². The first kappa shape index (κ1) is 39.1. The largest absolute Gasteiger partial charge is 0.493 e. The number of anilines is 1. The second-order valence-electron chi connectivity index (χ2n) is 13.4. The molecule has 1 aliphatic heterocycles. The molecule has 1 heterocycles. The van der Waals surface area contributed by atoms with Gasteiger partial charge in [-0.1, -0.05) is 123 Å². The van der Waals surface area contributed by atoms with Crippen molar-refractivity contribution in [3.8, 4) is 5.75 Å². The molecular weight excluding hydrogens is 642 g/mol. The van der Waals surface area contributed by atoms with Crippen molar-refractivity contribution >= 4 is 40.5 Å². The zero-order valence-corrected chi connectivity index (χ0v) is 31.5. The maximum Gasteiger partial charge on any atom is 0.321 e. The van der Waals surface area contributed by atoms with E-state index in [9.17, 15) is 4.79 Å². The molecule has 1 aliphatic rings. The molecule has 0 atom stereocenters. The van der Waals surface area contributed by atoms with Crippen LogP contribution < -0.4 is 15.0 Å². The molecule has 1 N–H and O–H groups in total. The van der Waals surface area contributed by atoms with Gasteiger partial charge in [0, 0.05) is 25.5 Å². The van der Waals surface area contributed by atoms with Crippen molar-refractivity contribution < 1.29 is 9.53 Å². The summed E-state index contributed by atoms with van der Waals surface area (Å²) in [6.07, 6.45) is 18.2. The molecule has 2 aromatic rings. The summed E-state index contributed by atoms with van der Waals surface area (Å²) in [5, 5.41) is 2.83. The predicted molar refractivity (Wildman–Crippen MR) is 201 cm³/mol. The highest BCUT2D eigenvalue weighted by molar-refractivity contribution is 8.93. The minimum Gasteiger partial charge on any atom is -0.493 e. The molecule has 0 saturated heterocycles. The van der Waals surface area contributed by atoms with Gasteiger partial charge in [-0.25, -0.2) is 4.79 Å². The van der Waals surface area contributed by atoms with Crippen molar-refractivity contribution in [3.63, 3.8) is 0 Å². The third-order valence-corrected chi connectivity index (χ3v) is 9.39. The van der Waals surface area contributed by atoms with Crippen LogP contribution in [0.2, 0.25) is 0 Å². The second kappa shape index (κ2) is 20.9. The number of unbranched alkanes of at least 4 members (excludes halogenated alkanes) is 11. The molecule has 0 aliphatic carbocycles. The Hall–Kier alpha value is -2.12. The monoisotopic (exact) mass is 701 g/mol. The number of hydrogen-bond donors (Lipinski definition) is 1. The fourth-order valence-electron chi connectivity index (χ4n) is 5.75. The van der Waals surface area contributed by atoms with Crippen molar-refractivity contribution in [3.05, 3.63) is 70.3 Å². The molecule has 0 unspecified atom stereocenters. The summed E-state index contributed by atoms with van der Waals surface area (Å²) in [6, 6.07) is 14.7. The van der Waals surface area contributed by atoms with Crippen molar-refractivity contribution in [2.24, 2.45) is 0 Å². The quantitative estimate of drug-likeness (QED) is 0.148. The summed E-state index contributed by atoms with van der Waals surface area (Å²) in [5.74, 6) is 1.93. The third-order valence-electron chi connectivity index (χ3n) is 8.37. The molecule has 0 radical (unpaired) electrons. The average molecular weight is 703 g/mol. The number of thioether (sulfide) groups is 1. The van der Waals surface area contributed by atoms with E-state index in [1.54, 1.807) is 11.9 Å². The lowest BCUT2D eigenvalue weighted by Gasteiger charge is -2.26. The first-order valence-corrected chi connectivity index (χ1v) is 18.1. The Morgan fingerprint density at radius 3 is 2.00 bits per heavy atom. The summed E-state index contributed by atoms with van der Waals surface area (Å²) >= 11 is 1.87. The number of benzene rings is 2. The summed E-state index contributed by atoms with van der Waals surface area (Å²) < 4.78 is 6.43. The van der Waals surface area contributed by atoms with E-state index >= 15 is 0 Å². The fraction of sp³-hybridized carbons (Fsp3) is 0.605. The molecule has 2 aromatic carbocycles. The van der Waals surface area contributed by atoms with E-state index in [4.69, 9.17) is 4.74 Å². The van der Waals surface area contributed by atoms with Gasteiger partial charge in [-0.2, -0.15) is 0 Å². The summed E-state index contributed by atoms with van der Waals surface area (Å²) in [5.41, 5.74) is 4.36. The highest BCUT2D eigenvalue weighted by Crippen LogP contribution is 2.33. The lowest BCUT2D eigenvalue weighted by atomic mass is 9.85. The molecule has 7 heteroatoms. The summed E-state index contributed by atoms with van der Waals surface area (Å²) in [6.45, 7) is 13.2. The van der Waals surface area contributed by atoms with E-state index in [2.05, 4.69) is 93.5 Å². The zero-order chi connectivity index (χ0) is 31.8. The Labute approximate surface area is 289 Å². The Balaban J connectivity index is 0.00000705. The molecule has 2 amide bonds. The third kappa shape index (κ3) is 14.0. The van der Waals surface area contributed by atoms with Gasteiger partial charge in [-0.05, 0) is 58.6 Å². The van der Waals surface area contributed by atoms with Gasteiger partial charge in [0.2, 0.25) is 0 Å². The van der Waals surface area contributed by atoms with Gasteiger partial charge in [0.15, 0.2) is 0 Å². The smallest absolute Gasteiger partial charge is 0.321 e. The number of carbonyl (C=O) groups is 1. The Morgan fingerprint density at radius 2 is 1.47 bits per heavy atom. The molecule has 45 heavy (non-hydrogen) atoms. The highest BCUT2D eigenvalue weighted by Gasteiger charge is 2.21. The first-order chi connectivity index (χ1) is 21.2. The van der Waals surface area contributed by atoms with Crippen LogP contribution in [-0.2, 0) is 18.5 Å². The Kier molecular flexibility index (Phi) is 18.1. The number of halogens is 1. The maximum absolute atomic E-state index is 13.0. The zero-order valence-electron chi connectivity index (χ0n) is 29.0. The van der Waals surface area contributed by atoms with E-state index in [0.29, 0.717) is 6.54 Å². The van der Waals surface area contributed by atoms with Crippen molar-refractivity contribution in [1.82, 2.24) is 10.2 Å². The minimum atomic E-state index is -0.119. The lowest BCUT2D eigenvalue weighted by molar-refractivity contribution is 0.248. The number of rotatable bonds is 19. The van der Waals surface area contributed by atoms with E-state index in [0.717, 1.165) is 42.4 Å². The molecular formula is C38H60BrN3O2S. The van der Waals surface area contributed by atoms with Gasteiger partial charge in [0.05, 0.1) is 19.0 Å². The molecule has 0 aromatic heterocycles. The number of nitrogens with one attached hydrogen (secondary N) is 1. The van der Waals surface area contributed by atoms with Crippen LogP contribution in [0.15, 0.2) is 53.6 Å². The van der Waals surface area contributed by atoms with Crippen LogP contribution in [0.25, 0.3) is 0 Å². The van der Waals surface area contributed by atoms with Gasteiger partial charge < -0.3 is 15.0 Å². The number of nitrogens with zero attached hydrogens (tertiary/aromatic N) is 2. The Bertz CT molecular complexity index is 1160. The van der Waals surface area contributed by atoms with Gasteiger partial charge in [0.1, 0.15) is 5.75 Å². The normalized spacial score (nSPS) is 12.9. The van der Waals surface area contributed by atoms with Gasteiger partial charge >= 0.3 is 6.03 Å². The van der Waals surface area contributed by atoms with Crippen LogP contribution in [0.4, 0.5) is 10.5 Å². The maximum atomic E-state index is 13.0. The summed E-state index contributed by atoms with van der Waals surface area (Å²) in [4.78, 5) is 18.5. The number of hydrogen-bond acceptors (Lipinski definition) is 4. The fourth-order valence-corrected chi connectivity index (χ4v) is 6.51. The number of ether oxygens (including phenoxy) is 1. The minimum absolute atomic E-state index is 0. The number of amides is 2. The van der Waals surface area contributed by atoms with Crippen LogP contribution >= 0.6 is 28.7 Å². The molecule has 252 valence electrons. The molecule has 0 saturated carbocycles. The predicted octanol–water partition coefficient (Wildman–Crippen LogP) is 11.4. The second-order valence-corrected chi connectivity index (χ2v) is 14.6. The Morgan fingerprint density at radius 1 is 0.889 bits per heavy atom. The van der Waals surface area contributed by atoms with Crippen LogP contribution in [-0.4, -0.2) is 30.5 Å². The molecule has 0 bridgehead atoms. The molecule has 5 nitrogen and oxygen atoms in total. The molecule has 0 fully saturated rings. The SMILES string of the molecule is Br.CCCCCCCCCCCCCCOc1cc(CN(C(=O)NC)c2ccc(CN3C=C(C)SC3)cc2)ccc1C(C)(C)C. The van der Waals surface area contributed by atoms with Crippen LogP contribution in [0.3, 0.4) is 0 Å². The van der Waals surface area contributed by atoms with Gasteiger partial charge in [0.25, 0.3) is 0 Å². The number of allylic oxidation sites excluding steroid dienone is 1. The standard InChI is InChI=1S/C38H59N3O2S.BrH/c1-7-8-9-10-11-12-13-14-15-16-17-18-25-43-36-26-33(21-24-35(36)38(3,4)5)29-41(37(42)39-6)34-22-19-32(20-23-34)28-40-27-31(2)44-30-40;/h19-24,26-27H,7-18,25,28-30H2,1-6H3,(H,39,42);1H.